The Balaban J connectivity index is 1.42. The topological polar surface area (TPSA) is 90.3 Å². The first-order valence-corrected chi connectivity index (χ1v) is 11.0. The van der Waals surface area contributed by atoms with Gasteiger partial charge in [-0.2, -0.15) is 0 Å². The van der Waals surface area contributed by atoms with E-state index in [1.807, 2.05) is 47.4 Å². The average molecular weight is 417 g/mol. The van der Waals surface area contributed by atoms with E-state index in [1.54, 1.807) is 6.20 Å². The predicted molar refractivity (Wildman–Crippen MR) is 124 cm³/mol. The van der Waals surface area contributed by atoms with Crippen LogP contribution in [-0.2, 0) is 0 Å². The van der Waals surface area contributed by atoms with Crippen LogP contribution in [0.2, 0.25) is 0 Å². The van der Waals surface area contributed by atoms with Crippen LogP contribution in [0.3, 0.4) is 0 Å². The predicted octanol–water partition coefficient (Wildman–Crippen LogP) is 2.97. The van der Waals surface area contributed by atoms with E-state index in [-0.39, 0.29) is 5.91 Å². The number of nitrogens with two attached hydrogens (primary N) is 1. The molecule has 0 atom stereocenters. The highest BCUT2D eigenvalue weighted by atomic mass is 16.2. The van der Waals surface area contributed by atoms with Crippen LogP contribution >= 0.6 is 0 Å². The van der Waals surface area contributed by atoms with Gasteiger partial charge < -0.3 is 25.8 Å². The van der Waals surface area contributed by atoms with Crippen LogP contribution < -0.4 is 16.0 Å². The smallest absolute Gasteiger partial charge is 0.253 e. The molecule has 5 rings (SSSR count). The Kier molecular flexibility index (Phi) is 5.34. The number of benzene rings is 1. The zero-order valence-electron chi connectivity index (χ0n) is 17.6. The van der Waals surface area contributed by atoms with E-state index in [9.17, 15) is 4.79 Å². The van der Waals surface area contributed by atoms with Gasteiger partial charge in [-0.05, 0) is 43.2 Å². The monoisotopic (exact) mass is 416 g/mol. The number of hydrogen-bond donors (Lipinski definition) is 3. The van der Waals surface area contributed by atoms with Crippen molar-refractivity contribution in [3.05, 3.63) is 54.2 Å². The summed E-state index contributed by atoms with van der Waals surface area (Å²) < 4.78 is 0. The summed E-state index contributed by atoms with van der Waals surface area (Å²) in [6, 6.07) is 13.8. The number of nitrogens with one attached hydrogen (secondary N) is 2. The normalized spacial score (nSPS) is 16.6. The highest BCUT2D eigenvalue weighted by molar-refractivity contribution is 5.95. The number of nitrogens with zero attached hydrogens (tertiary/aromatic N) is 3. The van der Waals surface area contributed by atoms with Crippen molar-refractivity contribution in [3.8, 4) is 22.5 Å². The molecule has 2 saturated heterocycles. The molecule has 2 aliphatic rings. The molecule has 2 fully saturated rings. The van der Waals surface area contributed by atoms with Crippen LogP contribution in [0.1, 0.15) is 23.2 Å². The number of carbonyl (C=O) groups is 1. The van der Waals surface area contributed by atoms with E-state index in [0.717, 1.165) is 91.7 Å². The molecule has 3 aromatic rings. The first-order chi connectivity index (χ1) is 15.2. The molecule has 0 saturated carbocycles. The summed E-state index contributed by atoms with van der Waals surface area (Å²) in [4.78, 5) is 25.1. The molecular weight excluding hydrogens is 388 g/mol. The van der Waals surface area contributed by atoms with Crippen LogP contribution in [0, 0.1) is 0 Å². The highest BCUT2D eigenvalue weighted by Crippen LogP contribution is 2.31. The average Bonchev–Trinajstić information content (AvgIpc) is 3.50. The van der Waals surface area contributed by atoms with Gasteiger partial charge in [0.05, 0.1) is 11.4 Å². The lowest BCUT2D eigenvalue weighted by Crippen LogP contribution is -2.43. The summed E-state index contributed by atoms with van der Waals surface area (Å²) >= 11 is 0. The molecule has 0 spiro atoms. The quantitative estimate of drug-likeness (QED) is 0.608. The SMILES string of the molecule is Nc1cc(-c2ccnc(-c3cccc(C(=O)N4CCCC4)c3)c2)[nH]c1N1CCNCC1. The number of aromatic amines is 1. The van der Waals surface area contributed by atoms with E-state index in [2.05, 4.69) is 20.2 Å². The Hall–Kier alpha value is -3.32. The summed E-state index contributed by atoms with van der Waals surface area (Å²) in [7, 11) is 0. The van der Waals surface area contributed by atoms with Gasteiger partial charge in [0, 0.05) is 67.8 Å². The largest absolute Gasteiger partial charge is 0.396 e. The van der Waals surface area contributed by atoms with Gasteiger partial charge in [-0.15, -0.1) is 0 Å². The standard InChI is InChI=1S/C24H28N6O/c25-20-16-22(28-23(20)29-12-8-26-9-13-29)18-6-7-27-21(15-18)17-4-3-5-19(14-17)24(31)30-10-1-2-11-30/h3-7,14-16,26,28H,1-2,8-13,25H2. The molecule has 160 valence electrons. The Morgan fingerprint density at radius 3 is 2.58 bits per heavy atom. The third-order valence-corrected chi connectivity index (χ3v) is 6.13. The number of rotatable bonds is 4. The maximum atomic E-state index is 12.8. The molecule has 4 heterocycles. The van der Waals surface area contributed by atoms with Crippen molar-refractivity contribution < 1.29 is 4.79 Å². The van der Waals surface area contributed by atoms with Gasteiger partial charge in [0.15, 0.2) is 0 Å². The Morgan fingerprint density at radius 2 is 1.77 bits per heavy atom. The number of aromatic nitrogens is 2. The second kappa shape index (κ2) is 8.43. The summed E-state index contributed by atoms with van der Waals surface area (Å²) in [5, 5.41) is 3.37. The van der Waals surface area contributed by atoms with Gasteiger partial charge >= 0.3 is 0 Å². The number of amides is 1. The molecule has 4 N–H and O–H groups in total. The Morgan fingerprint density at radius 1 is 0.968 bits per heavy atom. The third kappa shape index (κ3) is 4.01. The summed E-state index contributed by atoms with van der Waals surface area (Å²) in [5.74, 6) is 1.08. The van der Waals surface area contributed by atoms with Crippen LogP contribution in [-0.4, -0.2) is 60.0 Å². The third-order valence-electron chi connectivity index (χ3n) is 6.13. The van der Waals surface area contributed by atoms with Crippen molar-refractivity contribution in [1.29, 1.82) is 0 Å². The number of anilines is 2. The maximum absolute atomic E-state index is 12.8. The lowest BCUT2D eigenvalue weighted by atomic mass is 10.0. The molecular formula is C24H28N6O. The first kappa shape index (κ1) is 19.6. The summed E-state index contributed by atoms with van der Waals surface area (Å²) in [5.41, 5.74) is 11.6. The fraction of sp³-hybridized carbons (Fsp3) is 0.333. The molecule has 7 nitrogen and oxygen atoms in total. The van der Waals surface area contributed by atoms with Crippen molar-refractivity contribution >= 4 is 17.4 Å². The molecule has 0 radical (unpaired) electrons. The van der Waals surface area contributed by atoms with Crippen molar-refractivity contribution in [2.45, 2.75) is 12.8 Å². The molecule has 7 heteroatoms. The molecule has 2 aliphatic heterocycles. The number of pyridine rings is 1. The second-order valence-electron chi connectivity index (χ2n) is 8.23. The van der Waals surface area contributed by atoms with Gasteiger partial charge in [0.25, 0.3) is 5.91 Å². The van der Waals surface area contributed by atoms with E-state index in [4.69, 9.17) is 5.73 Å². The van der Waals surface area contributed by atoms with Gasteiger partial charge in [0.2, 0.25) is 0 Å². The van der Waals surface area contributed by atoms with Crippen LogP contribution in [0.5, 0.6) is 0 Å². The maximum Gasteiger partial charge on any atom is 0.253 e. The van der Waals surface area contributed by atoms with Crippen LogP contribution in [0.15, 0.2) is 48.7 Å². The van der Waals surface area contributed by atoms with Crippen molar-refractivity contribution in [1.82, 2.24) is 20.2 Å². The second-order valence-corrected chi connectivity index (χ2v) is 8.23. The number of carbonyl (C=O) groups excluding carboxylic acids is 1. The lowest BCUT2D eigenvalue weighted by molar-refractivity contribution is 0.0793. The van der Waals surface area contributed by atoms with Crippen LogP contribution in [0.25, 0.3) is 22.5 Å². The zero-order chi connectivity index (χ0) is 21.2. The van der Waals surface area contributed by atoms with E-state index >= 15 is 0 Å². The highest BCUT2D eigenvalue weighted by Gasteiger charge is 2.20. The van der Waals surface area contributed by atoms with Gasteiger partial charge in [-0.1, -0.05) is 12.1 Å². The molecule has 0 aliphatic carbocycles. The van der Waals surface area contributed by atoms with Crippen LogP contribution in [0.4, 0.5) is 11.5 Å². The summed E-state index contributed by atoms with van der Waals surface area (Å²) in [6.45, 7) is 5.48. The molecule has 1 aromatic carbocycles. The molecule has 0 bridgehead atoms. The van der Waals surface area contributed by atoms with E-state index < -0.39 is 0 Å². The summed E-state index contributed by atoms with van der Waals surface area (Å²) in [6.07, 6.45) is 3.98. The number of hydrogen-bond acceptors (Lipinski definition) is 5. The number of piperazine rings is 1. The number of H-pyrrole nitrogens is 1. The minimum absolute atomic E-state index is 0.105. The molecule has 2 aromatic heterocycles. The Bertz CT molecular complexity index is 1080. The van der Waals surface area contributed by atoms with Crippen molar-refractivity contribution in [2.75, 3.05) is 49.9 Å². The fourth-order valence-corrected chi connectivity index (χ4v) is 4.44. The van der Waals surface area contributed by atoms with E-state index in [1.165, 1.54) is 0 Å². The molecule has 31 heavy (non-hydrogen) atoms. The number of likely N-dealkylation sites (tertiary alicyclic amines) is 1. The minimum atomic E-state index is 0.105. The van der Waals surface area contributed by atoms with Gasteiger partial charge in [0.1, 0.15) is 5.82 Å². The van der Waals surface area contributed by atoms with E-state index in [0.29, 0.717) is 0 Å². The minimum Gasteiger partial charge on any atom is -0.396 e. The fourth-order valence-electron chi connectivity index (χ4n) is 4.44. The zero-order valence-corrected chi connectivity index (χ0v) is 17.6. The number of nitrogen functional groups attached to an aromatic ring is 1. The van der Waals surface area contributed by atoms with Gasteiger partial charge in [-0.25, -0.2) is 0 Å². The molecule has 0 unspecified atom stereocenters. The van der Waals surface area contributed by atoms with Gasteiger partial charge in [-0.3, -0.25) is 9.78 Å². The van der Waals surface area contributed by atoms with Crippen molar-refractivity contribution in [2.24, 2.45) is 0 Å². The Labute approximate surface area is 182 Å². The first-order valence-electron chi connectivity index (χ1n) is 11.0. The molecule has 1 amide bonds. The van der Waals surface area contributed by atoms with Crippen molar-refractivity contribution in [3.63, 3.8) is 0 Å². The lowest BCUT2D eigenvalue weighted by Gasteiger charge is -2.28.